The van der Waals surface area contributed by atoms with Crippen LogP contribution in [0.2, 0.25) is 0 Å². The Morgan fingerprint density at radius 3 is 2.84 bits per heavy atom. The minimum absolute atomic E-state index is 0.791. The zero-order chi connectivity index (χ0) is 13.6. The molecule has 2 heterocycles. The molecular weight excluding hydrogens is 252 g/mol. The van der Waals surface area contributed by atoms with Crippen molar-refractivity contribution in [1.29, 1.82) is 0 Å². The minimum Gasteiger partial charge on any atom is -0.302 e. The predicted octanol–water partition coefficient (Wildman–Crippen LogP) is 3.27. The van der Waals surface area contributed by atoms with E-state index in [9.17, 15) is 0 Å². The van der Waals surface area contributed by atoms with Gasteiger partial charge in [-0.25, -0.2) is 0 Å². The summed E-state index contributed by atoms with van der Waals surface area (Å²) in [6, 6.07) is 4.45. The maximum absolute atomic E-state index is 4.92. The van der Waals surface area contributed by atoms with Gasteiger partial charge in [0.25, 0.3) is 0 Å². The van der Waals surface area contributed by atoms with Crippen molar-refractivity contribution in [1.82, 2.24) is 9.88 Å². The van der Waals surface area contributed by atoms with Crippen LogP contribution < -0.4 is 0 Å². The first-order valence-electron chi connectivity index (χ1n) is 6.81. The van der Waals surface area contributed by atoms with E-state index in [-0.39, 0.29) is 0 Å². The summed E-state index contributed by atoms with van der Waals surface area (Å²) in [6.07, 6.45) is 1.05. The highest BCUT2D eigenvalue weighted by Gasteiger charge is 2.20. The summed E-state index contributed by atoms with van der Waals surface area (Å²) in [5.74, 6) is 0.791. The summed E-state index contributed by atoms with van der Waals surface area (Å²) >= 11 is 4.58. The van der Waals surface area contributed by atoms with Gasteiger partial charge in [-0.1, -0.05) is 6.07 Å². The Labute approximate surface area is 120 Å². The number of hydrogen-bond acceptors (Lipinski definition) is 3. The number of benzene rings is 1. The summed E-state index contributed by atoms with van der Waals surface area (Å²) in [4.78, 5) is 7.29. The quantitative estimate of drug-likeness (QED) is 0.802. The lowest BCUT2D eigenvalue weighted by Crippen LogP contribution is -2.28. The van der Waals surface area contributed by atoms with Crippen LogP contribution in [0.15, 0.2) is 12.1 Å². The maximum atomic E-state index is 4.92. The van der Waals surface area contributed by atoms with E-state index in [2.05, 4.69) is 50.6 Å². The summed E-state index contributed by atoms with van der Waals surface area (Å²) < 4.78 is 0. The Morgan fingerprint density at radius 2 is 2.11 bits per heavy atom. The number of pyridine rings is 1. The number of aromatic nitrogens is 1. The monoisotopic (exact) mass is 272 g/mol. The van der Waals surface area contributed by atoms with Crippen molar-refractivity contribution < 1.29 is 0 Å². The third kappa shape index (κ3) is 2.15. The van der Waals surface area contributed by atoms with Gasteiger partial charge >= 0.3 is 0 Å². The predicted molar refractivity (Wildman–Crippen MR) is 83.9 cm³/mol. The smallest absolute Gasteiger partial charge is 0.0713 e. The Hall–Kier alpha value is -1.06. The van der Waals surface area contributed by atoms with Crippen LogP contribution >= 0.6 is 12.6 Å². The summed E-state index contributed by atoms with van der Waals surface area (Å²) in [6.45, 7) is 6.42. The number of rotatable bonds is 1. The molecule has 19 heavy (non-hydrogen) atoms. The lowest BCUT2D eigenvalue weighted by atomic mass is 9.94. The van der Waals surface area contributed by atoms with E-state index < -0.39 is 0 Å². The fraction of sp³-hybridized carbons (Fsp3) is 0.438. The second kappa shape index (κ2) is 4.80. The number of hydrogen-bond donors (Lipinski definition) is 1. The van der Waals surface area contributed by atoms with Crippen LogP contribution in [0.4, 0.5) is 0 Å². The summed E-state index contributed by atoms with van der Waals surface area (Å²) in [5.41, 5.74) is 7.82. The summed E-state index contributed by atoms with van der Waals surface area (Å²) in [7, 11) is 2.18. The second-order valence-electron chi connectivity index (χ2n) is 5.64. The number of nitrogens with zero attached hydrogens (tertiary/aromatic N) is 2. The third-order valence-electron chi connectivity index (χ3n) is 4.05. The van der Waals surface area contributed by atoms with E-state index in [1.807, 2.05) is 0 Å². The van der Waals surface area contributed by atoms with Gasteiger partial charge in [-0.15, -0.1) is 0 Å². The van der Waals surface area contributed by atoms with Crippen molar-refractivity contribution in [3.63, 3.8) is 0 Å². The largest absolute Gasteiger partial charge is 0.302 e. The topological polar surface area (TPSA) is 16.1 Å². The lowest BCUT2D eigenvalue weighted by molar-refractivity contribution is 0.309. The van der Waals surface area contributed by atoms with E-state index >= 15 is 0 Å². The molecule has 0 amide bonds. The molecule has 0 spiro atoms. The Balaban J connectivity index is 2.36. The number of fused-ring (bicyclic) bond motifs is 2. The van der Waals surface area contributed by atoms with Gasteiger partial charge in [0.05, 0.1) is 5.52 Å². The first kappa shape index (κ1) is 12.9. The van der Waals surface area contributed by atoms with Crippen LogP contribution in [0.25, 0.3) is 10.9 Å². The van der Waals surface area contributed by atoms with Crippen LogP contribution in [0.5, 0.6) is 0 Å². The van der Waals surface area contributed by atoms with Gasteiger partial charge in [0.2, 0.25) is 0 Å². The molecule has 2 nitrogen and oxygen atoms in total. The minimum atomic E-state index is 0.791. The van der Waals surface area contributed by atoms with Crippen molar-refractivity contribution in [3.05, 3.63) is 40.1 Å². The average molecular weight is 272 g/mol. The van der Waals surface area contributed by atoms with Gasteiger partial charge in [0.1, 0.15) is 0 Å². The van der Waals surface area contributed by atoms with Crippen LogP contribution in [0, 0.1) is 13.8 Å². The SMILES string of the molecule is Cc1cc(C)c2c(CS)c3c(nc2c1)CCN(C)C3. The van der Waals surface area contributed by atoms with Crippen molar-refractivity contribution in [2.24, 2.45) is 0 Å². The Bertz CT molecular complexity index is 649. The van der Waals surface area contributed by atoms with Crippen molar-refractivity contribution in [2.75, 3.05) is 13.6 Å². The zero-order valence-corrected chi connectivity index (χ0v) is 12.7. The molecule has 1 aromatic heterocycles. The molecule has 0 aliphatic carbocycles. The molecule has 1 aliphatic rings. The molecule has 0 radical (unpaired) electrons. The van der Waals surface area contributed by atoms with Crippen molar-refractivity contribution >= 4 is 23.5 Å². The molecule has 2 aromatic rings. The molecule has 100 valence electrons. The molecule has 0 unspecified atom stereocenters. The summed E-state index contributed by atoms with van der Waals surface area (Å²) in [5, 5.41) is 1.31. The zero-order valence-electron chi connectivity index (χ0n) is 11.8. The van der Waals surface area contributed by atoms with Gasteiger partial charge in [0, 0.05) is 36.3 Å². The average Bonchev–Trinajstić information content (AvgIpc) is 2.36. The van der Waals surface area contributed by atoms with E-state index in [4.69, 9.17) is 4.98 Å². The van der Waals surface area contributed by atoms with Gasteiger partial charge in [-0.05, 0) is 49.2 Å². The number of likely N-dealkylation sites (N-methyl/N-ethyl adjacent to an activating group) is 1. The Morgan fingerprint density at radius 1 is 1.32 bits per heavy atom. The van der Waals surface area contributed by atoms with E-state index in [1.54, 1.807) is 0 Å². The highest BCUT2D eigenvalue weighted by molar-refractivity contribution is 7.79. The first-order valence-corrected chi connectivity index (χ1v) is 7.44. The highest BCUT2D eigenvalue weighted by Crippen LogP contribution is 2.31. The molecule has 0 saturated carbocycles. The van der Waals surface area contributed by atoms with Gasteiger partial charge < -0.3 is 4.90 Å². The molecule has 1 aliphatic heterocycles. The molecular formula is C16H20N2S. The molecule has 0 saturated heterocycles. The van der Waals surface area contributed by atoms with Crippen molar-refractivity contribution in [3.8, 4) is 0 Å². The molecule has 0 fully saturated rings. The number of aryl methyl sites for hydroxylation is 2. The van der Waals surface area contributed by atoms with Crippen LogP contribution in [-0.4, -0.2) is 23.5 Å². The standard InChI is InChI=1S/C16H20N2S/c1-10-6-11(2)16-13(9-19)12-8-18(3)5-4-14(12)17-15(16)7-10/h6-7,19H,4-5,8-9H2,1-3H3. The van der Waals surface area contributed by atoms with E-state index in [0.29, 0.717) is 0 Å². The molecule has 3 heteroatoms. The maximum Gasteiger partial charge on any atom is 0.0713 e. The number of thiol groups is 1. The van der Waals surface area contributed by atoms with Gasteiger partial charge in [0.15, 0.2) is 0 Å². The van der Waals surface area contributed by atoms with E-state index in [1.165, 1.54) is 33.3 Å². The highest BCUT2D eigenvalue weighted by atomic mass is 32.1. The molecule has 3 rings (SSSR count). The molecule has 0 atom stereocenters. The lowest BCUT2D eigenvalue weighted by Gasteiger charge is -2.27. The normalized spacial score (nSPS) is 15.8. The third-order valence-corrected chi connectivity index (χ3v) is 4.36. The van der Waals surface area contributed by atoms with Gasteiger partial charge in [-0.2, -0.15) is 12.6 Å². The fourth-order valence-electron chi connectivity index (χ4n) is 3.18. The first-order chi connectivity index (χ1) is 9.10. The molecule has 0 bridgehead atoms. The van der Waals surface area contributed by atoms with Crippen LogP contribution in [0.1, 0.15) is 27.9 Å². The second-order valence-corrected chi connectivity index (χ2v) is 5.95. The molecule has 0 N–H and O–H groups in total. The van der Waals surface area contributed by atoms with E-state index in [0.717, 1.165) is 30.8 Å². The fourth-order valence-corrected chi connectivity index (χ4v) is 3.53. The van der Waals surface area contributed by atoms with Crippen molar-refractivity contribution in [2.45, 2.75) is 32.6 Å². The Kier molecular flexibility index (Phi) is 3.27. The van der Waals surface area contributed by atoms with Crippen LogP contribution in [0.3, 0.4) is 0 Å². The molecule has 1 aromatic carbocycles. The van der Waals surface area contributed by atoms with Crippen LogP contribution in [-0.2, 0) is 18.7 Å². The van der Waals surface area contributed by atoms with Gasteiger partial charge in [-0.3, -0.25) is 4.98 Å².